The topological polar surface area (TPSA) is 21.3 Å². The van der Waals surface area contributed by atoms with Crippen molar-refractivity contribution in [2.75, 3.05) is 9.80 Å². The van der Waals surface area contributed by atoms with Crippen molar-refractivity contribution in [3.8, 4) is 83.8 Å². The zero-order chi connectivity index (χ0) is 99.0. The molecule has 25 rings (SSSR count). The Morgan fingerprint density at radius 1 is 0.237 bits per heavy atom. The summed E-state index contributed by atoms with van der Waals surface area (Å²) in [6.45, 7) is 34.0. The number of nitrogens with zero attached hydrogens (tertiary/aromatic N) is 5. The summed E-state index contributed by atoms with van der Waals surface area (Å²) in [6.07, 6.45) is 0. The Bertz CT molecular complexity index is 8800. The van der Waals surface area contributed by atoms with Gasteiger partial charge in [0, 0.05) is 83.1 Å². The maximum absolute atomic E-state index is 10.2. The highest BCUT2D eigenvalue weighted by Gasteiger charge is 2.53. The van der Waals surface area contributed by atoms with Gasteiger partial charge in [-0.3, -0.25) is 0 Å². The molecule has 0 radical (unpaired) electrons. The fraction of sp³-hybridized carbons (Fsp3) is 0.163. The molecule has 0 bridgehead atoms. The van der Waals surface area contributed by atoms with Crippen LogP contribution < -0.4 is 26.2 Å². The van der Waals surface area contributed by atoms with Crippen LogP contribution in [0.3, 0.4) is 0 Å². The van der Waals surface area contributed by atoms with E-state index in [-0.39, 0.29) is 61.0 Å². The minimum absolute atomic E-state index is 0.00318. The number of anilines is 6. The summed E-state index contributed by atoms with van der Waals surface area (Å²) in [4.78, 5) is 5.15. The molecule has 3 aromatic heterocycles. The van der Waals surface area contributed by atoms with Gasteiger partial charge in [-0.15, -0.1) is 0 Å². The van der Waals surface area contributed by atoms with Crippen molar-refractivity contribution in [2.45, 2.75) is 136 Å². The Balaban J connectivity index is 0.874. The van der Waals surface area contributed by atoms with E-state index in [2.05, 4.69) is 450 Å². The Labute approximate surface area is 804 Å². The second-order valence-corrected chi connectivity index (χ2v) is 43.0. The van der Waals surface area contributed by atoms with Gasteiger partial charge >= 0.3 is 0 Å². The van der Waals surface area contributed by atoms with Crippen LogP contribution in [0.5, 0.6) is 0 Å². The van der Waals surface area contributed by atoms with Crippen LogP contribution in [-0.4, -0.2) is 20.4 Å². The number of hydrogen-bond donors (Lipinski definition) is 0. The van der Waals surface area contributed by atoms with E-state index < -0.39 is 48.4 Å². The molecular formula is C129H108BN5. The monoisotopic (exact) mass is 1750 g/mol. The van der Waals surface area contributed by atoms with Crippen LogP contribution >= 0.6 is 0 Å². The van der Waals surface area contributed by atoms with Gasteiger partial charge in [0.2, 0.25) is 0 Å². The quantitative estimate of drug-likeness (QED) is 0.134. The maximum atomic E-state index is 10.2. The summed E-state index contributed by atoms with van der Waals surface area (Å²) in [6, 6.07) is 122. The van der Waals surface area contributed by atoms with E-state index in [9.17, 15) is 11.0 Å². The van der Waals surface area contributed by atoms with Gasteiger partial charge in [-0.25, -0.2) is 0 Å². The first-order valence-corrected chi connectivity index (χ1v) is 47.7. The molecule has 4 aliphatic rings. The first kappa shape index (κ1) is 73.6. The molecule has 0 saturated carbocycles. The highest BCUT2D eigenvalue weighted by atomic mass is 15.2. The van der Waals surface area contributed by atoms with E-state index in [0.29, 0.717) is 5.69 Å². The highest BCUT2D eigenvalue weighted by molar-refractivity contribution is 7.00. The molecule has 6 heteroatoms. The maximum Gasteiger partial charge on any atom is 0.252 e. The standard InChI is InChI=1S/C129H108BN5/c1-124(2,3)84-59-65-113-103(72-84)104-73-85(125(4,5)6)60-66-114(104)132(113)91-77-118-120-119(78-91)135(122-101(79-37-19-16-20-38-79)74-88(128(13,14)15)75-102(122)80-39-21-17-22-40-80)116-70-81(83-67-86(126(7,8)9)71-87(68-83)127(10,11)12)58-63-109(116)130(120)110-64-61-90(131-111-54-33-28-46-97(111)98-47-29-34-55-112(98)131)76-117(110)134(118)115-56-36-50-100-99-49-35-48-92(121(99)133(123(100)115)89-41-23-18-24-42-89)82-57-62-96-95-45-27-32-53-107(95)129(108(96)69-82)105-51-30-25-43-93(105)94-44-26-31-52-106(94)129/h16-78H,1-15H3/i28D,29D,33D,34D,46D,47D,54D,55D. The average Bonchev–Trinajstić information content (AvgIpc) is 1.50. The smallest absolute Gasteiger partial charge is 0.252 e. The predicted molar refractivity (Wildman–Crippen MR) is 575 cm³/mol. The fourth-order valence-corrected chi connectivity index (χ4v) is 23.1. The zero-order valence-corrected chi connectivity index (χ0v) is 79.1. The van der Waals surface area contributed by atoms with Crippen LogP contribution in [0, 0.1) is 0 Å². The molecule has 1 spiro atoms. The predicted octanol–water partition coefficient (Wildman–Crippen LogP) is 32.6. The first-order chi connectivity index (χ1) is 68.5. The molecule has 0 unspecified atom stereocenters. The lowest BCUT2D eigenvalue weighted by atomic mass is 9.33. The molecule has 0 saturated heterocycles. The molecule has 2 aliphatic carbocycles. The summed E-state index contributed by atoms with van der Waals surface area (Å²) < 4.78 is 84.8. The molecule has 135 heavy (non-hydrogen) atoms. The Morgan fingerprint density at radius 2 is 0.674 bits per heavy atom. The van der Waals surface area contributed by atoms with Crippen LogP contribution in [0.1, 0.15) is 165 Å². The third kappa shape index (κ3) is 12.4. The number of rotatable bonds is 9. The van der Waals surface area contributed by atoms with E-state index in [1.54, 1.807) is 4.57 Å². The van der Waals surface area contributed by atoms with Crippen molar-refractivity contribution in [1.29, 1.82) is 0 Å². The minimum Gasteiger partial charge on any atom is -0.310 e. The second-order valence-electron chi connectivity index (χ2n) is 43.0. The molecular weight excluding hydrogens is 1630 g/mol. The van der Waals surface area contributed by atoms with Gasteiger partial charge in [0.15, 0.2) is 0 Å². The van der Waals surface area contributed by atoms with E-state index in [4.69, 9.17) is 0 Å². The third-order valence-corrected chi connectivity index (χ3v) is 29.8. The molecule has 21 aromatic rings. The fourth-order valence-electron chi connectivity index (χ4n) is 23.1. The number of aromatic nitrogens is 3. The summed E-state index contributed by atoms with van der Waals surface area (Å²) in [7, 11) is 0. The lowest BCUT2D eigenvalue weighted by Gasteiger charge is -2.45. The van der Waals surface area contributed by atoms with Gasteiger partial charge in [-0.1, -0.05) is 383 Å². The molecule has 2 aliphatic heterocycles. The van der Waals surface area contributed by atoms with Crippen molar-refractivity contribution >= 4 is 123 Å². The van der Waals surface area contributed by atoms with Gasteiger partial charge in [-0.05, 0) is 247 Å². The van der Waals surface area contributed by atoms with E-state index >= 15 is 0 Å². The molecule has 0 amide bonds. The average molecular weight is 1750 g/mol. The van der Waals surface area contributed by atoms with Crippen molar-refractivity contribution in [2.24, 2.45) is 0 Å². The molecule has 0 N–H and O–H groups in total. The van der Waals surface area contributed by atoms with Gasteiger partial charge < -0.3 is 23.5 Å². The van der Waals surface area contributed by atoms with Crippen molar-refractivity contribution in [3.05, 3.63) is 432 Å². The Hall–Kier alpha value is -15.0. The molecule has 652 valence electrons. The van der Waals surface area contributed by atoms with E-state index in [1.807, 2.05) is 6.07 Å². The lowest BCUT2D eigenvalue weighted by molar-refractivity contribution is 0.569. The number of hydrogen-bond acceptors (Lipinski definition) is 2. The van der Waals surface area contributed by atoms with Gasteiger partial charge in [-0.2, -0.15) is 0 Å². The minimum atomic E-state index is -0.633. The Morgan fingerprint density at radius 3 is 1.21 bits per heavy atom. The molecule has 5 heterocycles. The van der Waals surface area contributed by atoms with Crippen LogP contribution in [0.2, 0.25) is 0 Å². The van der Waals surface area contributed by atoms with Gasteiger partial charge in [0.1, 0.15) is 0 Å². The SMILES string of the molecule is [2H]c1c([2H])c([2H])c2c(c1[2H])c1c([2H])c([2H])c([2H])c([2H])c1n2-c1ccc2c(c1)N(c1cccc3c4cccc(-c5ccc6c(c5)C5(c7ccccc7-c7ccccc75)c5ccccc5-6)c4n(-c4ccccc4)c13)c1cc(-n3c4ccc(C(C)(C)C)cc4c4cc(C(C)(C)C)ccc43)cc3c1B2c1ccc(-c2cc(C(C)(C)C)cc(C(C)(C)C)c2)cc1N3c1c(-c2ccccc2)cc(C(C)(C)C)cc1-c1ccccc1. The number of benzene rings is 18. The molecule has 18 aromatic carbocycles. The number of para-hydroxylation sites is 5. The summed E-state index contributed by atoms with van der Waals surface area (Å²) in [5, 5.41) is 4.26. The summed E-state index contributed by atoms with van der Waals surface area (Å²) in [5.41, 5.74) is 37.0. The Kier molecular flexibility index (Phi) is 16.1. The summed E-state index contributed by atoms with van der Waals surface area (Å²) >= 11 is 0. The zero-order valence-electron chi connectivity index (χ0n) is 87.1. The summed E-state index contributed by atoms with van der Waals surface area (Å²) in [5.74, 6) is 0. The molecule has 0 atom stereocenters. The van der Waals surface area contributed by atoms with E-state index in [0.717, 1.165) is 150 Å². The van der Waals surface area contributed by atoms with Crippen molar-refractivity contribution in [3.63, 3.8) is 0 Å². The van der Waals surface area contributed by atoms with Crippen LogP contribution in [-0.2, 0) is 32.5 Å². The second kappa shape index (κ2) is 29.5. The van der Waals surface area contributed by atoms with Crippen LogP contribution in [0.4, 0.5) is 34.1 Å². The van der Waals surface area contributed by atoms with Gasteiger partial charge in [0.25, 0.3) is 6.71 Å². The third-order valence-electron chi connectivity index (χ3n) is 29.8. The molecule has 5 nitrogen and oxygen atoms in total. The largest absolute Gasteiger partial charge is 0.310 e. The van der Waals surface area contributed by atoms with Crippen molar-refractivity contribution < 1.29 is 11.0 Å². The van der Waals surface area contributed by atoms with E-state index in [1.165, 1.54) is 72.3 Å². The molecule has 0 fully saturated rings. The van der Waals surface area contributed by atoms with Crippen LogP contribution in [0.15, 0.2) is 382 Å². The lowest BCUT2D eigenvalue weighted by Crippen LogP contribution is -2.61. The number of fused-ring (bicyclic) bond motifs is 23. The normalized spacial score (nSPS) is 14.6. The highest BCUT2D eigenvalue weighted by Crippen LogP contribution is 2.64. The van der Waals surface area contributed by atoms with Crippen LogP contribution in [0.25, 0.3) is 149 Å². The van der Waals surface area contributed by atoms with Gasteiger partial charge in [0.05, 0.1) is 66.5 Å². The first-order valence-electron chi connectivity index (χ1n) is 51.7. The van der Waals surface area contributed by atoms with Crippen molar-refractivity contribution in [1.82, 2.24) is 13.7 Å².